The highest BCUT2D eigenvalue weighted by atomic mass is 79.9. The van der Waals surface area contributed by atoms with Crippen LogP contribution in [0.1, 0.15) is 25.8 Å². The first-order chi connectivity index (χ1) is 9.16. The van der Waals surface area contributed by atoms with Crippen LogP contribution in [0.25, 0.3) is 0 Å². The van der Waals surface area contributed by atoms with Gasteiger partial charge in [0.2, 0.25) is 6.79 Å². The number of nitrogens with one attached hydrogen (secondary N) is 1. The number of benzene rings is 1. The molecule has 1 aliphatic rings. The molecule has 1 aromatic carbocycles. The lowest BCUT2D eigenvalue weighted by Gasteiger charge is -2.09. The molecule has 0 aromatic heterocycles. The number of hydrogen-bond acceptors (Lipinski definition) is 4. The van der Waals surface area contributed by atoms with E-state index in [2.05, 4.69) is 35.1 Å². The first-order valence-electron chi connectivity index (χ1n) is 6.57. The Morgan fingerprint density at radius 3 is 2.79 bits per heavy atom. The van der Waals surface area contributed by atoms with Gasteiger partial charge in [0.15, 0.2) is 11.5 Å². The van der Waals surface area contributed by atoms with Gasteiger partial charge in [-0.2, -0.15) is 0 Å². The highest BCUT2D eigenvalue weighted by Gasteiger charge is 2.15. The van der Waals surface area contributed by atoms with Crippen molar-refractivity contribution in [2.75, 3.05) is 19.9 Å². The van der Waals surface area contributed by atoms with Crippen LogP contribution >= 0.6 is 15.9 Å². The second-order valence-corrected chi connectivity index (χ2v) is 5.60. The van der Waals surface area contributed by atoms with Crippen LogP contribution in [0, 0.1) is 0 Å². The Morgan fingerprint density at radius 2 is 2.05 bits per heavy atom. The van der Waals surface area contributed by atoms with Crippen LogP contribution in [0.3, 0.4) is 0 Å². The van der Waals surface area contributed by atoms with Crippen molar-refractivity contribution in [2.45, 2.75) is 32.9 Å². The van der Waals surface area contributed by atoms with E-state index < -0.39 is 0 Å². The van der Waals surface area contributed by atoms with Crippen molar-refractivity contribution in [1.82, 2.24) is 5.32 Å². The van der Waals surface area contributed by atoms with Crippen LogP contribution in [-0.2, 0) is 11.3 Å². The molecule has 2 rings (SSSR count). The molecule has 0 saturated heterocycles. The number of ether oxygens (including phenoxy) is 3. The fourth-order valence-corrected chi connectivity index (χ4v) is 2.30. The van der Waals surface area contributed by atoms with Gasteiger partial charge in [-0.3, -0.25) is 0 Å². The predicted octanol–water partition coefficient (Wildman–Crippen LogP) is 3.08. The molecule has 0 atom stereocenters. The minimum atomic E-state index is 0.308. The Kier molecular flexibility index (Phi) is 5.48. The SMILES string of the molecule is CC(C)OCCCNCc1cc2c(cc1Br)OCO2. The van der Waals surface area contributed by atoms with Crippen LogP contribution < -0.4 is 14.8 Å². The summed E-state index contributed by atoms with van der Waals surface area (Å²) in [7, 11) is 0. The van der Waals surface area contributed by atoms with Crippen molar-refractivity contribution in [2.24, 2.45) is 0 Å². The second-order valence-electron chi connectivity index (χ2n) is 4.75. The van der Waals surface area contributed by atoms with Gasteiger partial charge in [0.25, 0.3) is 0 Å². The molecule has 0 bridgehead atoms. The third kappa shape index (κ3) is 4.37. The molecule has 0 spiro atoms. The molecular weight excluding hydrogens is 310 g/mol. The van der Waals surface area contributed by atoms with Crippen LogP contribution in [-0.4, -0.2) is 26.0 Å². The third-order valence-corrected chi connectivity index (χ3v) is 3.54. The molecule has 0 radical (unpaired) electrons. The minimum absolute atomic E-state index is 0.308. The molecule has 1 N–H and O–H groups in total. The quantitative estimate of drug-likeness (QED) is 0.780. The molecule has 1 aromatic rings. The van der Waals surface area contributed by atoms with Crippen LogP contribution in [0.2, 0.25) is 0 Å². The molecule has 4 nitrogen and oxygen atoms in total. The van der Waals surface area contributed by atoms with E-state index in [4.69, 9.17) is 14.2 Å². The first-order valence-corrected chi connectivity index (χ1v) is 7.36. The van der Waals surface area contributed by atoms with E-state index in [0.29, 0.717) is 12.9 Å². The number of halogens is 1. The molecule has 0 fully saturated rings. The molecule has 0 unspecified atom stereocenters. The number of rotatable bonds is 7. The Balaban J connectivity index is 1.74. The zero-order valence-electron chi connectivity index (χ0n) is 11.4. The molecule has 19 heavy (non-hydrogen) atoms. The van der Waals surface area contributed by atoms with Gasteiger partial charge in [-0.05, 0) is 44.5 Å². The Morgan fingerprint density at radius 1 is 1.32 bits per heavy atom. The summed E-state index contributed by atoms with van der Waals surface area (Å²) >= 11 is 3.55. The van der Waals surface area contributed by atoms with E-state index in [9.17, 15) is 0 Å². The van der Waals surface area contributed by atoms with Crippen molar-refractivity contribution in [1.29, 1.82) is 0 Å². The second kappa shape index (κ2) is 7.12. The smallest absolute Gasteiger partial charge is 0.231 e. The zero-order valence-corrected chi connectivity index (χ0v) is 13.0. The highest BCUT2D eigenvalue weighted by Crippen LogP contribution is 2.36. The van der Waals surface area contributed by atoms with E-state index in [1.54, 1.807) is 0 Å². The minimum Gasteiger partial charge on any atom is -0.454 e. The highest BCUT2D eigenvalue weighted by molar-refractivity contribution is 9.10. The number of hydrogen-bond donors (Lipinski definition) is 1. The Hall–Kier alpha value is -0.780. The maximum absolute atomic E-state index is 5.49. The summed E-state index contributed by atoms with van der Waals surface area (Å²) in [6.45, 7) is 6.96. The van der Waals surface area contributed by atoms with Gasteiger partial charge in [-0.15, -0.1) is 0 Å². The van der Waals surface area contributed by atoms with Gasteiger partial charge in [-0.25, -0.2) is 0 Å². The van der Waals surface area contributed by atoms with Gasteiger partial charge in [0.05, 0.1) is 6.10 Å². The summed E-state index contributed by atoms with van der Waals surface area (Å²) in [5.74, 6) is 1.63. The Labute approximate surface area is 122 Å². The molecule has 1 heterocycles. The van der Waals surface area contributed by atoms with Crippen LogP contribution in [0.4, 0.5) is 0 Å². The van der Waals surface area contributed by atoms with Crippen LogP contribution in [0.5, 0.6) is 11.5 Å². The maximum atomic E-state index is 5.49. The molecule has 5 heteroatoms. The molecule has 0 aliphatic carbocycles. The third-order valence-electron chi connectivity index (χ3n) is 2.81. The molecule has 0 saturated carbocycles. The van der Waals surface area contributed by atoms with E-state index in [1.165, 1.54) is 5.56 Å². The normalized spacial score (nSPS) is 13.3. The average Bonchev–Trinajstić information content (AvgIpc) is 2.80. The summed E-state index contributed by atoms with van der Waals surface area (Å²) in [6.07, 6.45) is 1.32. The van der Waals surface area contributed by atoms with E-state index in [0.717, 1.165) is 42.1 Å². The zero-order chi connectivity index (χ0) is 13.7. The van der Waals surface area contributed by atoms with Crippen LogP contribution in [0.15, 0.2) is 16.6 Å². The lowest BCUT2D eigenvalue weighted by molar-refractivity contribution is 0.0770. The van der Waals surface area contributed by atoms with Gasteiger partial charge in [0, 0.05) is 17.6 Å². The van der Waals surface area contributed by atoms with E-state index in [-0.39, 0.29) is 0 Å². The molecular formula is C14H20BrNO3. The lowest BCUT2D eigenvalue weighted by Crippen LogP contribution is -2.17. The van der Waals surface area contributed by atoms with Gasteiger partial charge in [-0.1, -0.05) is 15.9 Å². The topological polar surface area (TPSA) is 39.7 Å². The van der Waals surface area contributed by atoms with Gasteiger partial charge < -0.3 is 19.5 Å². The van der Waals surface area contributed by atoms with Crippen molar-refractivity contribution in [3.05, 3.63) is 22.2 Å². The summed E-state index contributed by atoms with van der Waals surface area (Å²) in [5, 5.41) is 3.40. The standard InChI is InChI=1S/C14H20BrNO3/c1-10(2)17-5-3-4-16-8-11-6-13-14(7-12(11)15)19-9-18-13/h6-7,10,16H,3-5,8-9H2,1-2H3. The summed E-state index contributed by atoms with van der Waals surface area (Å²) in [5.41, 5.74) is 1.18. The van der Waals surface area contributed by atoms with Crippen molar-refractivity contribution < 1.29 is 14.2 Å². The summed E-state index contributed by atoms with van der Waals surface area (Å²) < 4.78 is 17.2. The monoisotopic (exact) mass is 329 g/mol. The van der Waals surface area contributed by atoms with Crippen molar-refractivity contribution in [3.8, 4) is 11.5 Å². The first kappa shape index (κ1) is 14.6. The summed E-state index contributed by atoms with van der Waals surface area (Å²) in [4.78, 5) is 0. The van der Waals surface area contributed by atoms with Gasteiger partial charge in [0.1, 0.15) is 0 Å². The van der Waals surface area contributed by atoms with Crippen molar-refractivity contribution >= 4 is 15.9 Å². The Bertz CT molecular complexity index is 423. The largest absolute Gasteiger partial charge is 0.454 e. The predicted molar refractivity (Wildman–Crippen MR) is 77.7 cm³/mol. The maximum Gasteiger partial charge on any atom is 0.231 e. The average molecular weight is 330 g/mol. The molecule has 106 valence electrons. The van der Waals surface area contributed by atoms with E-state index in [1.807, 2.05) is 12.1 Å². The van der Waals surface area contributed by atoms with Gasteiger partial charge >= 0.3 is 0 Å². The van der Waals surface area contributed by atoms with Crippen molar-refractivity contribution in [3.63, 3.8) is 0 Å². The number of fused-ring (bicyclic) bond motifs is 1. The molecule has 1 aliphatic heterocycles. The summed E-state index contributed by atoms with van der Waals surface area (Å²) in [6, 6.07) is 3.98. The molecule has 0 amide bonds. The fraction of sp³-hybridized carbons (Fsp3) is 0.571. The van der Waals surface area contributed by atoms with E-state index >= 15 is 0 Å². The lowest BCUT2D eigenvalue weighted by atomic mass is 10.2. The fourth-order valence-electron chi connectivity index (χ4n) is 1.83.